The molecule has 0 heterocycles. The van der Waals surface area contributed by atoms with Crippen LogP contribution in [0.5, 0.6) is 0 Å². The Morgan fingerprint density at radius 3 is 2.76 bits per heavy atom. The highest BCUT2D eigenvalue weighted by molar-refractivity contribution is 5.82. The first-order chi connectivity index (χ1) is 11.9. The van der Waals surface area contributed by atoms with Gasteiger partial charge in [-0.25, -0.2) is 4.39 Å². The molecule has 0 unspecified atom stereocenters. The maximum absolute atomic E-state index is 13.2. The fraction of sp³-hybridized carbons (Fsp3) is 0.864. The second kappa shape index (κ2) is 6.18. The molecule has 0 aromatic rings. The molecule has 0 aromatic heterocycles. The highest BCUT2D eigenvalue weighted by atomic mass is 19.1. The zero-order valence-electron chi connectivity index (χ0n) is 15.8. The van der Waals surface area contributed by atoms with E-state index < -0.39 is 12.3 Å². The van der Waals surface area contributed by atoms with Crippen LogP contribution >= 0.6 is 0 Å². The van der Waals surface area contributed by atoms with Gasteiger partial charge in [-0.2, -0.15) is 0 Å². The van der Waals surface area contributed by atoms with Gasteiger partial charge < -0.3 is 5.11 Å². The lowest BCUT2D eigenvalue weighted by molar-refractivity contribution is -0.128. The SMILES string of the molecule is CCC(=O)[C@H]1CC[C@H]2[C@@H]3CC=C4C[C@@](O)(CF)CC[C@@H]4[C@H]3CC[C@]12C. The predicted octanol–water partition coefficient (Wildman–Crippen LogP) is 4.86. The third-order valence-electron chi connectivity index (χ3n) is 8.58. The standard InChI is InChI=1S/C22H33FO2/c1-3-20(24)19-7-6-18-17-5-4-14-12-22(25,13-23)11-9-15(14)16(17)8-10-21(18,19)2/h4,15-19,25H,3,5-13H2,1-2H3/t15-,16+,17+,18-,19+,21-,22+/m0/s1. The molecule has 3 fully saturated rings. The molecule has 4 rings (SSSR count). The molecule has 3 saturated carbocycles. The average Bonchev–Trinajstić information content (AvgIpc) is 2.98. The van der Waals surface area contributed by atoms with Crippen molar-refractivity contribution in [3.05, 3.63) is 11.6 Å². The molecule has 0 radical (unpaired) electrons. The Bertz CT molecular complexity index is 585. The first kappa shape index (κ1) is 17.7. The van der Waals surface area contributed by atoms with Crippen molar-refractivity contribution in [2.45, 2.75) is 77.2 Å². The summed E-state index contributed by atoms with van der Waals surface area (Å²) in [5, 5.41) is 10.4. The van der Waals surface area contributed by atoms with Gasteiger partial charge in [0, 0.05) is 12.3 Å². The summed E-state index contributed by atoms with van der Waals surface area (Å²) in [4.78, 5) is 12.5. The first-order valence-corrected chi connectivity index (χ1v) is 10.4. The lowest BCUT2D eigenvalue weighted by Crippen LogP contribution is -2.48. The van der Waals surface area contributed by atoms with Gasteiger partial charge in [0.05, 0.1) is 5.60 Å². The largest absolute Gasteiger partial charge is 0.387 e. The monoisotopic (exact) mass is 348 g/mol. The third kappa shape index (κ3) is 2.64. The predicted molar refractivity (Wildman–Crippen MR) is 96.8 cm³/mol. The Kier molecular flexibility index (Phi) is 4.38. The second-order valence-corrected chi connectivity index (χ2v) is 9.62. The van der Waals surface area contributed by atoms with E-state index in [1.165, 1.54) is 24.8 Å². The van der Waals surface area contributed by atoms with E-state index in [2.05, 4.69) is 13.0 Å². The molecule has 0 amide bonds. The zero-order chi connectivity index (χ0) is 17.8. The van der Waals surface area contributed by atoms with E-state index in [1.54, 1.807) is 0 Å². The van der Waals surface area contributed by atoms with Crippen LogP contribution in [-0.2, 0) is 4.79 Å². The van der Waals surface area contributed by atoms with Crippen molar-refractivity contribution in [3.8, 4) is 0 Å². The number of Topliss-reactive ketones (excluding diaryl/α,β-unsaturated/α-hetero) is 1. The summed E-state index contributed by atoms with van der Waals surface area (Å²) >= 11 is 0. The summed E-state index contributed by atoms with van der Waals surface area (Å²) in [6, 6.07) is 0. The molecule has 7 atom stereocenters. The van der Waals surface area contributed by atoms with Gasteiger partial charge in [0.1, 0.15) is 12.5 Å². The minimum absolute atomic E-state index is 0.202. The van der Waals surface area contributed by atoms with E-state index in [0.717, 1.165) is 19.3 Å². The smallest absolute Gasteiger partial charge is 0.136 e. The summed E-state index contributed by atoms with van der Waals surface area (Å²) in [7, 11) is 0. The number of hydrogen-bond acceptors (Lipinski definition) is 2. The van der Waals surface area contributed by atoms with Crippen molar-refractivity contribution in [3.63, 3.8) is 0 Å². The Balaban J connectivity index is 1.57. The van der Waals surface area contributed by atoms with Gasteiger partial charge in [-0.15, -0.1) is 0 Å². The summed E-state index contributed by atoms with van der Waals surface area (Å²) < 4.78 is 13.2. The number of fused-ring (bicyclic) bond motifs is 5. The minimum atomic E-state index is -1.11. The van der Waals surface area contributed by atoms with E-state index in [-0.39, 0.29) is 11.3 Å². The van der Waals surface area contributed by atoms with E-state index in [0.29, 0.717) is 48.7 Å². The summed E-state index contributed by atoms with van der Waals surface area (Å²) in [6.07, 6.45) is 10.8. The van der Waals surface area contributed by atoms with Gasteiger partial charge in [0.25, 0.3) is 0 Å². The van der Waals surface area contributed by atoms with Crippen LogP contribution in [0.4, 0.5) is 4.39 Å². The molecule has 4 aliphatic carbocycles. The van der Waals surface area contributed by atoms with Gasteiger partial charge in [0.2, 0.25) is 0 Å². The molecule has 0 saturated heterocycles. The fourth-order valence-corrected chi connectivity index (χ4v) is 7.25. The van der Waals surface area contributed by atoms with Gasteiger partial charge in [-0.05, 0) is 80.5 Å². The molecule has 0 aliphatic heterocycles. The number of ketones is 1. The molecule has 4 aliphatic rings. The minimum Gasteiger partial charge on any atom is -0.387 e. The quantitative estimate of drug-likeness (QED) is 0.740. The molecule has 2 nitrogen and oxygen atoms in total. The number of halogens is 1. The maximum Gasteiger partial charge on any atom is 0.136 e. The van der Waals surface area contributed by atoms with Gasteiger partial charge in [-0.1, -0.05) is 25.5 Å². The van der Waals surface area contributed by atoms with Crippen LogP contribution in [0.3, 0.4) is 0 Å². The van der Waals surface area contributed by atoms with Crippen LogP contribution in [0.15, 0.2) is 11.6 Å². The third-order valence-corrected chi connectivity index (χ3v) is 8.58. The Morgan fingerprint density at radius 2 is 2.04 bits per heavy atom. The maximum atomic E-state index is 13.2. The lowest BCUT2D eigenvalue weighted by Gasteiger charge is -2.54. The van der Waals surface area contributed by atoms with Crippen LogP contribution in [0.25, 0.3) is 0 Å². The summed E-state index contributed by atoms with van der Waals surface area (Å²) in [5.74, 6) is 3.36. The molecular formula is C22H33FO2. The van der Waals surface area contributed by atoms with Crippen LogP contribution < -0.4 is 0 Å². The Hall–Kier alpha value is -0.700. The zero-order valence-corrected chi connectivity index (χ0v) is 15.8. The molecule has 0 spiro atoms. The highest BCUT2D eigenvalue weighted by Gasteiger charge is 2.57. The average molecular weight is 349 g/mol. The summed E-state index contributed by atoms with van der Waals surface area (Å²) in [5.41, 5.74) is 0.425. The van der Waals surface area contributed by atoms with Gasteiger partial charge in [0.15, 0.2) is 0 Å². The van der Waals surface area contributed by atoms with Crippen LogP contribution in [0, 0.1) is 35.0 Å². The number of carbonyl (C=O) groups excluding carboxylic acids is 1. The fourth-order valence-electron chi connectivity index (χ4n) is 7.25. The number of hydrogen-bond donors (Lipinski definition) is 1. The molecule has 0 bridgehead atoms. The summed E-state index contributed by atoms with van der Waals surface area (Å²) in [6.45, 7) is 3.78. The molecule has 0 aromatic carbocycles. The van der Waals surface area contributed by atoms with Gasteiger partial charge >= 0.3 is 0 Å². The molecule has 140 valence electrons. The molecule has 25 heavy (non-hydrogen) atoms. The Labute approximate surface area is 151 Å². The van der Waals surface area contributed by atoms with Crippen molar-refractivity contribution in [2.75, 3.05) is 6.67 Å². The normalized spacial score (nSPS) is 49.0. The van der Waals surface area contributed by atoms with Crippen LogP contribution in [-0.4, -0.2) is 23.2 Å². The topological polar surface area (TPSA) is 37.3 Å². The van der Waals surface area contributed by atoms with Crippen molar-refractivity contribution >= 4 is 5.78 Å². The van der Waals surface area contributed by atoms with E-state index >= 15 is 0 Å². The van der Waals surface area contributed by atoms with Crippen molar-refractivity contribution in [2.24, 2.45) is 35.0 Å². The second-order valence-electron chi connectivity index (χ2n) is 9.62. The number of aliphatic hydroxyl groups is 1. The van der Waals surface area contributed by atoms with Crippen LogP contribution in [0.2, 0.25) is 0 Å². The molecule has 3 heteroatoms. The van der Waals surface area contributed by atoms with Crippen LogP contribution in [0.1, 0.15) is 71.6 Å². The van der Waals surface area contributed by atoms with E-state index in [4.69, 9.17) is 0 Å². The number of rotatable bonds is 3. The number of carbonyl (C=O) groups is 1. The number of allylic oxidation sites excluding steroid dienone is 1. The number of alkyl halides is 1. The Morgan fingerprint density at radius 1 is 1.24 bits per heavy atom. The van der Waals surface area contributed by atoms with Crippen molar-refractivity contribution in [1.29, 1.82) is 0 Å². The van der Waals surface area contributed by atoms with E-state index in [1.807, 2.05) is 6.92 Å². The van der Waals surface area contributed by atoms with Crippen molar-refractivity contribution < 1.29 is 14.3 Å². The van der Waals surface area contributed by atoms with Gasteiger partial charge in [-0.3, -0.25) is 4.79 Å². The first-order valence-electron chi connectivity index (χ1n) is 10.4. The lowest BCUT2D eigenvalue weighted by atomic mass is 9.51. The molecular weight excluding hydrogens is 315 g/mol. The van der Waals surface area contributed by atoms with E-state index in [9.17, 15) is 14.3 Å². The highest BCUT2D eigenvalue weighted by Crippen LogP contribution is 2.63. The van der Waals surface area contributed by atoms with Crippen molar-refractivity contribution in [1.82, 2.24) is 0 Å². The molecule has 1 N–H and O–H groups in total.